The van der Waals surface area contributed by atoms with Gasteiger partial charge in [0.25, 0.3) is 0 Å². The summed E-state index contributed by atoms with van der Waals surface area (Å²) >= 11 is 3.52. The van der Waals surface area contributed by atoms with Crippen LogP contribution in [0, 0.1) is 5.92 Å². The zero-order chi connectivity index (χ0) is 10.6. The quantitative estimate of drug-likeness (QED) is 0.811. The first-order chi connectivity index (χ1) is 6.57. The SMILES string of the molecule is CC(C)CSC1(C(=O)O)CCSCC1. The Morgan fingerprint density at radius 3 is 2.50 bits per heavy atom. The van der Waals surface area contributed by atoms with Crippen molar-refractivity contribution >= 4 is 29.5 Å². The second-order valence-electron chi connectivity index (χ2n) is 4.12. The summed E-state index contributed by atoms with van der Waals surface area (Å²) in [6, 6.07) is 0. The van der Waals surface area contributed by atoms with Crippen LogP contribution in [-0.2, 0) is 4.79 Å². The normalized spacial score (nSPS) is 21.1. The molecule has 1 saturated heterocycles. The van der Waals surface area contributed by atoms with E-state index < -0.39 is 10.7 Å². The number of aliphatic carboxylic acids is 1. The lowest BCUT2D eigenvalue weighted by Crippen LogP contribution is -2.39. The second kappa shape index (κ2) is 5.31. The lowest BCUT2D eigenvalue weighted by Gasteiger charge is -2.32. The molecule has 0 aromatic carbocycles. The molecule has 82 valence electrons. The first-order valence-corrected chi connectivity index (χ1v) is 7.16. The van der Waals surface area contributed by atoms with Gasteiger partial charge in [-0.1, -0.05) is 13.8 Å². The van der Waals surface area contributed by atoms with Crippen LogP contribution in [0.4, 0.5) is 0 Å². The van der Waals surface area contributed by atoms with Crippen LogP contribution < -0.4 is 0 Å². The summed E-state index contributed by atoms with van der Waals surface area (Å²) in [4.78, 5) is 11.3. The van der Waals surface area contributed by atoms with Crippen molar-refractivity contribution in [3.63, 3.8) is 0 Å². The summed E-state index contributed by atoms with van der Waals surface area (Å²) in [6.45, 7) is 4.28. The van der Waals surface area contributed by atoms with Gasteiger partial charge in [0.2, 0.25) is 0 Å². The van der Waals surface area contributed by atoms with E-state index in [1.807, 2.05) is 11.8 Å². The molecule has 0 radical (unpaired) electrons. The highest BCUT2D eigenvalue weighted by Crippen LogP contribution is 2.39. The van der Waals surface area contributed by atoms with E-state index in [2.05, 4.69) is 13.8 Å². The van der Waals surface area contributed by atoms with Crippen molar-refractivity contribution in [2.24, 2.45) is 5.92 Å². The van der Waals surface area contributed by atoms with Crippen LogP contribution in [0.5, 0.6) is 0 Å². The van der Waals surface area contributed by atoms with E-state index in [9.17, 15) is 9.90 Å². The molecule has 1 rings (SSSR count). The zero-order valence-electron chi connectivity index (χ0n) is 8.78. The van der Waals surface area contributed by atoms with Crippen molar-refractivity contribution in [2.75, 3.05) is 17.3 Å². The average molecular weight is 234 g/mol. The monoisotopic (exact) mass is 234 g/mol. The molecular formula is C10H18O2S2. The molecule has 0 saturated carbocycles. The largest absolute Gasteiger partial charge is 0.480 e. The van der Waals surface area contributed by atoms with E-state index in [0.29, 0.717) is 5.92 Å². The van der Waals surface area contributed by atoms with Gasteiger partial charge in [0, 0.05) is 0 Å². The van der Waals surface area contributed by atoms with E-state index >= 15 is 0 Å². The molecule has 0 aromatic rings. The number of carboxylic acids is 1. The molecule has 1 aliphatic heterocycles. The predicted molar refractivity (Wildman–Crippen MR) is 64.2 cm³/mol. The lowest BCUT2D eigenvalue weighted by molar-refractivity contribution is -0.140. The lowest BCUT2D eigenvalue weighted by atomic mass is 10.0. The van der Waals surface area contributed by atoms with Gasteiger partial charge in [0.1, 0.15) is 4.75 Å². The molecule has 0 aromatic heterocycles. The molecule has 1 heterocycles. The molecule has 0 bridgehead atoms. The van der Waals surface area contributed by atoms with Gasteiger partial charge in [0.05, 0.1) is 0 Å². The topological polar surface area (TPSA) is 37.3 Å². The third-order valence-corrected chi connectivity index (χ3v) is 5.34. The van der Waals surface area contributed by atoms with Crippen LogP contribution >= 0.6 is 23.5 Å². The molecule has 4 heteroatoms. The minimum Gasteiger partial charge on any atom is -0.480 e. The smallest absolute Gasteiger partial charge is 0.319 e. The third kappa shape index (κ3) is 3.09. The number of hydrogen-bond acceptors (Lipinski definition) is 3. The molecular weight excluding hydrogens is 216 g/mol. The summed E-state index contributed by atoms with van der Waals surface area (Å²) in [5.74, 6) is 2.92. The Morgan fingerprint density at radius 2 is 2.07 bits per heavy atom. The maximum atomic E-state index is 11.3. The van der Waals surface area contributed by atoms with Gasteiger partial charge in [-0.25, -0.2) is 0 Å². The molecule has 0 aliphatic carbocycles. The van der Waals surface area contributed by atoms with E-state index in [1.54, 1.807) is 11.8 Å². The van der Waals surface area contributed by atoms with E-state index in [0.717, 1.165) is 30.1 Å². The van der Waals surface area contributed by atoms with E-state index in [4.69, 9.17) is 0 Å². The van der Waals surface area contributed by atoms with E-state index in [1.165, 1.54) is 0 Å². The van der Waals surface area contributed by atoms with Crippen LogP contribution in [0.3, 0.4) is 0 Å². The molecule has 0 amide bonds. The van der Waals surface area contributed by atoms with Gasteiger partial charge >= 0.3 is 5.97 Å². The highest BCUT2D eigenvalue weighted by Gasteiger charge is 2.40. The second-order valence-corrected chi connectivity index (χ2v) is 6.74. The highest BCUT2D eigenvalue weighted by molar-refractivity contribution is 8.02. The summed E-state index contributed by atoms with van der Waals surface area (Å²) in [6.07, 6.45) is 1.65. The van der Waals surface area contributed by atoms with E-state index in [-0.39, 0.29) is 0 Å². The number of hydrogen-bond donors (Lipinski definition) is 1. The van der Waals surface area contributed by atoms with Crippen LogP contribution in [0.25, 0.3) is 0 Å². The van der Waals surface area contributed by atoms with Crippen LogP contribution in [0.15, 0.2) is 0 Å². The van der Waals surface area contributed by atoms with Crippen LogP contribution in [0.2, 0.25) is 0 Å². The molecule has 0 atom stereocenters. The Labute approximate surface area is 94.2 Å². The molecule has 0 spiro atoms. The molecule has 1 aliphatic rings. The van der Waals surface area contributed by atoms with Crippen molar-refractivity contribution in [3.8, 4) is 0 Å². The van der Waals surface area contributed by atoms with Crippen molar-refractivity contribution in [2.45, 2.75) is 31.4 Å². The highest BCUT2D eigenvalue weighted by atomic mass is 32.2. The third-order valence-electron chi connectivity index (χ3n) is 2.38. The van der Waals surface area contributed by atoms with Gasteiger partial charge in [0.15, 0.2) is 0 Å². The maximum Gasteiger partial charge on any atom is 0.319 e. The minimum atomic E-state index is -0.608. The zero-order valence-corrected chi connectivity index (χ0v) is 10.4. The molecule has 0 unspecified atom stereocenters. The van der Waals surface area contributed by atoms with Crippen molar-refractivity contribution < 1.29 is 9.90 Å². The first kappa shape index (κ1) is 12.2. The number of carboxylic acid groups (broad SMARTS) is 1. The Balaban J connectivity index is 2.56. The Bertz CT molecular complexity index is 198. The summed E-state index contributed by atoms with van der Waals surface area (Å²) < 4.78 is -0.477. The number of rotatable bonds is 4. The first-order valence-electron chi connectivity index (χ1n) is 5.02. The average Bonchev–Trinajstić information content (AvgIpc) is 2.16. The van der Waals surface area contributed by atoms with Crippen LogP contribution in [0.1, 0.15) is 26.7 Å². The Kier molecular flexibility index (Phi) is 4.64. The fraction of sp³-hybridized carbons (Fsp3) is 0.900. The fourth-order valence-corrected chi connectivity index (χ4v) is 4.16. The summed E-state index contributed by atoms with van der Waals surface area (Å²) in [5.41, 5.74) is 0. The molecule has 1 N–H and O–H groups in total. The summed E-state index contributed by atoms with van der Waals surface area (Å²) in [7, 11) is 0. The summed E-state index contributed by atoms with van der Waals surface area (Å²) in [5, 5.41) is 9.27. The maximum absolute atomic E-state index is 11.3. The van der Waals surface area contributed by atoms with Gasteiger partial charge < -0.3 is 5.11 Å². The van der Waals surface area contributed by atoms with Crippen molar-refractivity contribution in [1.29, 1.82) is 0 Å². The predicted octanol–water partition coefficient (Wildman–Crippen LogP) is 2.73. The standard InChI is InChI=1S/C10H18O2S2/c1-8(2)7-14-10(9(11)12)3-5-13-6-4-10/h8H,3-7H2,1-2H3,(H,11,12). The Morgan fingerprint density at radius 1 is 1.50 bits per heavy atom. The minimum absolute atomic E-state index is 0.477. The van der Waals surface area contributed by atoms with Gasteiger partial charge in [-0.3, -0.25) is 4.79 Å². The number of carbonyl (C=O) groups is 1. The number of thioether (sulfide) groups is 2. The van der Waals surface area contributed by atoms with Gasteiger partial charge in [-0.05, 0) is 36.0 Å². The van der Waals surface area contributed by atoms with Gasteiger partial charge in [-0.15, -0.1) is 11.8 Å². The van der Waals surface area contributed by atoms with Crippen LogP contribution in [-0.4, -0.2) is 33.1 Å². The van der Waals surface area contributed by atoms with Crippen molar-refractivity contribution in [1.82, 2.24) is 0 Å². The molecule has 1 fully saturated rings. The molecule has 2 nitrogen and oxygen atoms in total. The fourth-order valence-electron chi connectivity index (χ4n) is 1.45. The van der Waals surface area contributed by atoms with Crippen molar-refractivity contribution in [3.05, 3.63) is 0 Å². The van der Waals surface area contributed by atoms with Gasteiger partial charge in [-0.2, -0.15) is 11.8 Å². The Hall–Kier alpha value is 0.170. The molecule has 14 heavy (non-hydrogen) atoms.